The van der Waals surface area contributed by atoms with Crippen LogP contribution in [-0.4, -0.2) is 4.98 Å². The zero-order valence-corrected chi connectivity index (χ0v) is 15.4. The monoisotopic (exact) mass is 372 g/mol. The average molecular weight is 372 g/mol. The normalized spacial score (nSPS) is 11.7. The fourth-order valence-electron chi connectivity index (χ4n) is 2.61. The summed E-state index contributed by atoms with van der Waals surface area (Å²) in [6, 6.07) is 25.2. The second-order valence-corrected chi connectivity index (χ2v) is 7.04. The number of ether oxygens (including phenoxy) is 2. The van der Waals surface area contributed by atoms with Crippen LogP contribution >= 0.6 is 11.3 Å². The summed E-state index contributed by atoms with van der Waals surface area (Å²) in [5, 5.41) is 9.65. The molecule has 1 heterocycles. The summed E-state index contributed by atoms with van der Waals surface area (Å²) < 4.78 is 12.7. The third-order valence-corrected chi connectivity index (χ3v) is 5.01. The molecular weight excluding hydrogens is 356 g/mol. The molecule has 1 aromatic heterocycles. The summed E-state index contributed by atoms with van der Waals surface area (Å²) in [7, 11) is 0. The van der Waals surface area contributed by atoms with Crippen molar-refractivity contribution in [3.63, 3.8) is 0 Å². The van der Waals surface area contributed by atoms with Crippen LogP contribution in [0.2, 0.25) is 0 Å². The predicted octanol–water partition coefficient (Wildman–Crippen LogP) is 6.51. The van der Waals surface area contributed by atoms with Gasteiger partial charge in [-0.25, -0.2) is 4.98 Å². The maximum atomic E-state index is 9.07. The Bertz CT molecular complexity index is 1100. The Hall–Kier alpha value is -3.36. The van der Waals surface area contributed by atoms with Crippen LogP contribution in [0.4, 0.5) is 0 Å². The lowest BCUT2D eigenvalue weighted by atomic mass is 10.0. The Morgan fingerprint density at radius 2 is 1.56 bits per heavy atom. The van der Waals surface area contributed by atoms with E-state index in [4.69, 9.17) is 14.7 Å². The summed E-state index contributed by atoms with van der Waals surface area (Å²) in [6.45, 7) is 1.88. The number of thiazole rings is 1. The highest BCUT2D eigenvalue weighted by Gasteiger charge is 2.10. The van der Waals surface area contributed by atoms with E-state index in [1.165, 1.54) is 11.3 Å². The smallest absolute Gasteiger partial charge is 0.279 e. The van der Waals surface area contributed by atoms with Crippen molar-refractivity contribution in [2.24, 2.45) is 0 Å². The van der Waals surface area contributed by atoms with Crippen LogP contribution in [0.5, 0.6) is 22.4 Å². The molecule has 4 aromatic rings. The molecule has 0 aliphatic heterocycles. The van der Waals surface area contributed by atoms with Gasteiger partial charge in [0, 0.05) is 0 Å². The molecule has 27 heavy (non-hydrogen) atoms. The van der Waals surface area contributed by atoms with Crippen molar-refractivity contribution < 1.29 is 9.47 Å². The van der Waals surface area contributed by atoms with E-state index in [-0.39, 0.29) is 5.92 Å². The van der Waals surface area contributed by atoms with Gasteiger partial charge in [-0.2, -0.15) is 5.26 Å². The van der Waals surface area contributed by atoms with Gasteiger partial charge in [-0.05, 0) is 61.0 Å². The first-order chi connectivity index (χ1) is 13.2. The van der Waals surface area contributed by atoms with Crippen molar-refractivity contribution in [2.45, 2.75) is 12.8 Å². The van der Waals surface area contributed by atoms with E-state index >= 15 is 0 Å². The second kappa shape index (κ2) is 7.48. The first-order valence-electron chi connectivity index (χ1n) is 8.52. The van der Waals surface area contributed by atoms with Gasteiger partial charge in [-0.3, -0.25) is 0 Å². The van der Waals surface area contributed by atoms with Crippen molar-refractivity contribution in [3.05, 3.63) is 78.4 Å². The molecule has 0 N–H and O–H groups in total. The number of nitriles is 1. The molecule has 0 saturated heterocycles. The van der Waals surface area contributed by atoms with Crippen LogP contribution in [0.1, 0.15) is 18.4 Å². The van der Waals surface area contributed by atoms with E-state index in [1.807, 2.05) is 79.7 Å². The average Bonchev–Trinajstić information content (AvgIpc) is 3.11. The van der Waals surface area contributed by atoms with Gasteiger partial charge in [0.15, 0.2) is 0 Å². The molecule has 0 bridgehead atoms. The number of para-hydroxylation sites is 1. The summed E-state index contributed by atoms with van der Waals surface area (Å²) in [5.74, 6) is 2.07. The molecule has 0 aliphatic carbocycles. The molecule has 1 atom stereocenters. The zero-order chi connectivity index (χ0) is 18.6. The van der Waals surface area contributed by atoms with Crippen molar-refractivity contribution in [1.82, 2.24) is 4.98 Å². The van der Waals surface area contributed by atoms with E-state index in [2.05, 4.69) is 11.1 Å². The standard InChI is InChI=1S/C22H16N2O2S/c1-15(14-23)16-7-12-21-20(13-16)24-22(27-21)26-19-10-8-18(9-11-19)25-17-5-3-2-4-6-17/h2-13,15H,1H3. The Labute approximate surface area is 161 Å². The highest BCUT2D eigenvalue weighted by atomic mass is 32.1. The lowest BCUT2D eigenvalue weighted by molar-refractivity contribution is 0.468. The zero-order valence-electron chi connectivity index (χ0n) is 14.6. The lowest BCUT2D eigenvalue weighted by Gasteiger charge is -2.06. The minimum atomic E-state index is -0.155. The first kappa shape index (κ1) is 17.1. The second-order valence-electron chi connectivity index (χ2n) is 6.05. The van der Waals surface area contributed by atoms with Crippen molar-refractivity contribution >= 4 is 21.6 Å². The molecule has 0 amide bonds. The highest BCUT2D eigenvalue weighted by molar-refractivity contribution is 7.20. The SMILES string of the molecule is CC(C#N)c1ccc2sc(Oc3ccc(Oc4ccccc4)cc3)nc2c1. The number of fused-ring (bicyclic) bond motifs is 1. The van der Waals surface area contributed by atoms with Crippen LogP contribution in [0.25, 0.3) is 10.2 Å². The Balaban J connectivity index is 1.49. The summed E-state index contributed by atoms with van der Waals surface area (Å²) >= 11 is 1.48. The van der Waals surface area contributed by atoms with Gasteiger partial charge in [0.1, 0.15) is 17.2 Å². The van der Waals surface area contributed by atoms with Crippen LogP contribution in [0, 0.1) is 11.3 Å². The van der Waals surface area contributed by atoms with E-state index in [0.717, 1.165) is 27.3 Å². The van der Waals surface area contributed by atoms with Gasteiger partial charge in [-0.1, -0.05) is 35.6 Å². The number of rotatable bonds is 5. The molecule has 1 unspecified atom stereocenters. The Morgan fingerprint density at radius 3 is 2.26 bits per heavy atom. The minimum absolute atomic E-state index is 0.155. The quantitative estimate of drug-likeness (QED) is 0.401. The number of nitrogens with zero attached hydrogens (tertiary/aromatic N) is 2. The fraction of sp³-hybridized carbons (Fsp3) is 0.0909. The fourth-order valence-corrected chi connectivity index (χ4v) is 3.43. The van der Waals surface area contributed by atoms with E-state index < -0.39 is 0 Å². The molecule has 132 valence electrons. The van der Waals surface area contributed by atoms with Gasteiger partial charge in [0.05, 0.1) is 22.2 Å². The summed E-state index contributed by atoms with van der Waals surface area (Å²) in [4.78, 5) is 4.53. The van der Waals surface area contributed by atoms with E-state index in [0.29, 0.717) is 10.9 Å². The molecule has 0 spiro atoms. The maximum Gasteiger partial charge on any atom is 0.279 e. The molecule has 0 fully saturated rings. The molecule has 0 radical (unpaired) electrons. The molecular formula is C22H16N2O2S. The van der Waals surface area contributed by atoms with Gasteiger partial charge < -0.3 is 9.47 Å². The molecule has 5 heteroatoms. The molecule has 0 aliphatic rings. The van der Waals surface area contributed by atoms with Crippen LogP contribution < -0.4 is 9.47 Å². The number of aromatic nitrogens is 1. The van der Waals surface area contributed by atoms with E-state index in [9.17, 15) is 0 Å². The molecule has 4 rings (SSSR count). The van der Waals surface area contributed by atoms with Crippen LogP contribution in [0.15, 0.2) is 72.8 Å². The van der Waals surface area contributed by atoms with Crippen molar-refractivity contribution in [3.8, 4) is 28.5 Å². The first-order valence-corrected chi connectivity index (χ1v) is 9.34. The van der Waals surface area contributed by atoms with Crippen LogP contribution in [0.3, 0.4) is 0 Å². The van der Waals surface area contributed by atoms with Crippen molar-refractivity contribution in [2.75, 3.05) is 0 Å². The molecule has 4 nitrogen and oxygen atoms in total. The summed E-state index contributed by atoms with van der Waals surface area (Å²) in [6.07, 6.45) is 0. The highest BCUT2D eigenvalue weighted by Crippen LogP contribution is 2.33. The topological polar surface area (TPSA) is 55.1 Å². The van der Waals surface area contributed by atoms with Gasteiger partial charge >= 0.3 is 0 Å². The predicted molar refractivity (Wildman–Crippen MR) is 107 cm³/mol. The molecule has 3 aromatic carbocycles. The van der Waals surface area contributed by atoms with Gasteiger partial charge in [0.25, 0.3) is 5.19 Å². The van der Waals surface area contributed by atoms with Crippen molar-refractivity contribution in [1.29, 1.82) is 5.26 Å². The Kier molecular flexibility index (Phi) is 4.73. The third-order valence-electron chi connectivity index (χ3n) is 4.09. The van der Waals surface area contributed by atoms with Gasteiger partial charge in [0.2, 0.25) is 0 Å². The summed E-state index contributed by atoms with van der Waals surface area (Å²) in [5.41, 5.74) is 1.81. The third kappa shape index (κ3) is 3.91. The largest absolute Gasteiger partial charge is 0.457 e. The number of benzene rings is 3. The minimum Gasteiger partial charge on any atom is -0.457 e. The lowest BCUT2D eigenvalue weighted by Crippen LogP contribution is -1.88. The Morgan fingerprint density at radius 1 is 0.889 bits per heavy atom. The number of hydrogen-bond acceptors (Lipinski definition) is 5. The van der Waals surface area contributed by atoms with Gasteiger partial charge in [-0.15, -0.1) is 0 Å². The molecule has 0 saturated carbocycles. The van der Waals surface area contributed by atoms with Crippen LogP contribution in [-0.2, 0) is 0 Å². The maximum absolute atomic E-state index is 9.07. The van der Waals surface area contributed by atoms with E-state index in [1.54, 1.807) is 0 Å². The number of hydrogen-bond donors (Lipinski definition) is 0.